The fourth-order valence-corrected chi connectivity index (χ4v) is 3.23. The minimum Gasteiger partial charge on any atom is -0.489 e. The summed E-state index contributed by atoms with van der Waals surface area (Å²) in [6, 6.07) is 13.6. The summed E-state index contributed by atoms with van der Waals surface area (Å²) >= 11 is 6.27. The van der Waals surface area contributed by atoms with Crippen molar-refractivity contribution in [2.75, 3.05) is 5.32 Å². The van der Waals surface area contributed by atoms with E-state index in [-0.39, 0.29) is 23.9 Å². The molecule has 0 spiro atoms. The number of carbonyl (C=O) groups is 1. The summed E-state index contributed by atoms with van der Waals surface area (Å²) in [5.74, 6) is 0.221. The summed E-state index contributed by atoms with van der Waals surface area (Å²) in [6.07, 6.45) is 1.64. The average Bonchev–Trinajstić information content (AvgIpc) is 3.31. The molecule has 0 aliphatic carbocycles. The molecule has 4 aromatic rings. The minimum atomic E-state index is -0.526. The van der Waals surface area contributed by atoms with Crippen molar-refractivity contribution < 1.29 is 18.4 Å². The maximum Gasteiger partial charge on any atom is 0.279 e. The number of amides is 1. The van der Waals surface area contributed by atoms with Crippen molar-refractivity contribution in [3.05, 3.63) is 93.7 Å². The smallest absolute Gasteiger partial charge is 0.279 e. The minimum absolute atomic E-state index is 0.0271. The van der Waals surface area contributed by atoms with Gasteiger partial charge in [0.2, 0.25) is 0 Å². The van der Waals surface area contributed by atoms with Crippen molar-refractivity contribution >= 4 is 23.3 Å². The van der Waals surface area contributed by atoms with Crippen LogP contribution in [0, 0.1) is 19.7 Å². The number of anilines is 1. The van der Waals surface area contributed by atoms with Gasteiger partial charge in [0.1, 0.15) is 29.0 Å². The number of hydrogen-bond donors (Lipinski definition) is 1. The van der Waals surface area contributed by atoms with E-state index in [1.807, 2.05) is 31.2 Å². The molecule has 2 aromatic heterocycles. The van der Waals surface area contributed by atoms with Crippen LogP contribution in [0.1, 0.15) is 32.9 Å². The normalized spacial score (nSPS) is 10.9. The number of benzene rings is 2. The topological polar surface area (TPSA) is 82.2 Å². The van der Waals surface area contributed by atoms with Crippen LogP contribution in [0.25, 0.3) is 0 Å². The van der Waals surface area contributed by atoms with Crippen molar-refractivity contribution in [3.63, 3.8) is 0 Å². The highest BCUT2D eigenvalue weighted by Gasteiger charge is 2.22. The molecule has 1 amide bonds. The van der Waals surface area contributed by atoms with Gasteiger partial charge in [0.15, 0.2) is 11.5 Å². The lowest BCUT2D eigenvalue weighted by Crippen LogP contribution is -2.16. The first-order valence-electron chi connectivity index (χ1n) is 9.82. The third kappa shape index (κ3) is 4.97. The van der Waals surface area contributed by atoms with Crippen LogP contribution in [0.3, 0.4) is 0 Å². The summed E-state index contributed by atoms with van der Waals surface area (Å²) in [4.78, 5) is 12.8. The number of hydrogen-bond acceptors (Lipinski definition) is 5. The zero-order chi connectivity index (χ0) is 22.7. The zero-order valence-electron chi connectivity index (χ0n) is 17.4. The number of carbonyl (C=O) groups excluding carboxylic acids is 1. The Hall–Kier alpha value is -3.65. The van der Waals surface area contributed by atoms with Crippen molar-refractivity contribution in [1.29, 1.82) is 0 Å². The molecular weight excluding hydrogens is 435 g/mol. The van der Waals surface area contributed by atoms with Gasteiger partial charge in [0.25, 0.3) is 5.91 Å². The Morgan fingerprint density at radius 2 is 1.88 bits per heavy atom. The molecule has 0 unspecified atom stereocenters. The molecule has 0 aliphatic rings. The number of nitrogens with one attached hydrogen (secondary N) is 1. The molecule has 0 saturated carbocycles. The first-order chi connectivity index (χ1) is 15.4. The molecule has 0 atom stereocenters. The molecule has 0 saturated heterocycles. The van der Waals surface area contributed by atoms with Gasteiger partial charge in [-0.25, -0.2) is 4.39 Å². The number of rotatable bonds is 7. The molecule has 2 heterocycles. The van der Waals surface area contributed by atoms with Gasteiger partial charge in [-0.3, -0.25) is 9.48 Å². The molecule has 7 nitrogen and oxygen atoms in total. The first kappa shape index (κ1) is 21.6. The molecular formula is C23H20ClFN4O3. The number of nitrogens with zero attached hydrogens (tertiary/aromatic N) is 3. The Bertz CT molecular complexity index is 1230. The van der Waals surface area contributed by atoms with Crippen LogP contribution >= 0.6 is 11.6 Å². The highest BCUT2D eigenvalue weighted by molar-refractivity contribution is 6.33. The predicted octanol–water partition coefficient (Wildman–Crippen LogP) is 5.16. The lowest BCUT2D eigenvalue weighted by molar-refractivity contribution is 0.101. The van der Waals surface area contributed by atoms with Crippen LogP contribution < -0.4 is 10.1 Å². The van der Waals surface area contributed by atoms with E-state index >= 15 is 0 Å². The monoisotopic (exact) mass is 454 g/mol. The summed E-state index contributed by atoms with van der Waals surface area (Å²) in [7, 11) is 0. The average molecular weight is 455 g/mol. The number of aromatic nitrogens is 3. The van der Waals surface area contributed by atoms with E-state index in [0.717, 1.165) is 5.56 Å². The molecule has 0 fully saturated rings. The van der Waals surface area contributed by atoms with Gasteiger partial charge in [-0.05, 0) is 43.7 Å². The lowest BCUT2D eigenvalue weighted by atomic mass is 10.1. The number of ether oxygens (including phenoxy) is 1. The van der Waals surface area contributed by atoms with Crippen LogP contribution in [0.15, 0.2) is 59.3 Å². The van der Waals surface area contributed by atoms with E-state index in [0.29, 0.717) is 28.6 Å². The standard InChI is InChI=1S/C23H20ClFN4O3/c1-14-3-5-16(6-4-14)11-29-12-20(24)22(27-29)26-23(30)21-19(15(2)32-28-21)13-31-18-9-7-17(25)8-10-18/h3-10,12H,11,13H2,1-2H3,(H,26,27,30). The van der Waals surface area contributed by atoms with Crippen molar-refractivity contribution in [2.24, 2.45) is 0 Å². The molecule has 1 N–H and O–H groups in total. The van der Waals surface area contributed by atoms with Gasteiger partial charge in [0.05, 0.1) is 12.1 Å². The number of aryl methyl sites for hydroxylation is 2. The fraction of sp³-hybridized carbons (Fsp3) is 0.174. The maximum absolute atomic E-state index is 13.1. The van der Waals surface area contributed by atoms with Crippen LogP contribution in [-0.2, 0) is 13.2 Å². The Labute approximate surface area is 188 Å². The van der Waals surface area contributed by atoms with Crippen LogP contribution in [0.2, 0.25) is 5.02 Å². The highest BCUT2D eigenvalue weighted by atomic mass is 35.5. The van der Waals surface area contributed by atoms with E-state index in [1.54, 1.807) is 17.8 Å². The molecule has 0 radical (unpaired) electrons. The molecule has 2 aromatic carbocycles. The van der Waals surface area contributed by atoms with Crippen LogP contribution in [0.4, 0.5) is 10.2 Å². The SMILES string of the molecule is Cc1ccc(Cn2cc(Cl)c(NC(=O)c3noc(C)c3COc3ccc(F)cc3)n2)cc1. The Balaban J connectivity index is 1.45. The van der Waals surface area contributed by atoms with Gasteiger partial charge in [0, 0.05) is 6.20 Å². The van der Waals surface area contributed by atoms with E-state index in [4.69, 9.17) is 20.9 Å². The van der Waals surface area contributed by atoms with Gasteiger partial charge < -0.3 is 14.6 Å². The third-order valence-corrected chi connectivity index (χ3v) is 5.09. The Morgan fingerprint density at radius 1 is 1.16 bits per heavy atom. The van der Waals surface area contributed by atoms with E-state index in [9.17, 15) is 9.18 Å². The first-order valence-corrected chi connectivity index (χ1v) is 10.2. The second kappa shape index (κ2) is 9.23. The van der Waals surface area contributed by atoms with Crippen LogP contribution in [0.5, 0.6) is 5.75 Å². The number of halogens is 2. The molecule has 4 rings (SSSR count). The Kier molecular flexibility index (Phi) is 6.23. The van der Waals surface area contributed by atoms with Gasteiger partial charge in [-0.15, -0.1) is 0 Å². The maximum atomic E-state index is 13.1. The fourth-order valence-electron chi connectivity index (χ4n) is 3.04. The second-order valence-electron chi connectivity index (χ2n) is 7.27. The van der Waals surface area contributed by atoms with Gasteiger partial charge in [-0.1, -0.05) is 46.6 Å². The largest absolute Gasteiger partial charge is 0.489 e. The van der Waals surface area contributed by atoms with E-state index in [1.165, 1.54) is 29.8 Å². The quantitative estimate of drug-likeness (QED) is 0.417. The second-order valence-corrected chi connectivity index (χ2v) is 7.68. The highest BCUT2D eigenvalue weighted by Crippen LogP contribution is 2.23. The van der Waals surface area contributed by atoms with E-state index < -0.39 is 5.91 Å². The van der Waals surface area contributed by atoms with Crippen molar-refractivity contribution in [3.8, 4) is 5.75 Å². The predicted molar refractivity (Wildman–Crippen MR) is 117 cm³/mol. The van der Waals surface area contributed by atoms with Gasteiger partial charge >= 0.3 is 0 Å². The van der Waals surface area contributed by atoms with E-state index in [2.05, 4.69) is 15.6 Å². The summed E-state index contributed by atoms with van der Waals surface area (Å²) < 4.78 is 25.5. The molecule has 0 aliphatic heterocycles. The lowest BCUT2D eigenvalue weighted by Gasteiger charge is -2.07. The summed E-state index contributed by atoms with van der Waals surface area (Å²) in [5, 5.41) is 11.2. The molecule has 0 bridgehead atoms. The van der Waals surface area contributed by atoms with Crippen molar-refractivity contribution in [2.45, 2.75) is 27.0 Å². The summed E-state index contributed by atoms with van der Waals surface area (Å²) in [5.41, 5.74) is 2.76. The zero-order valence-corrected chi connectivity index (χ0v) is 18.2. The van der Waals surface area contributed by atoms with Crippen molar-refractivity contribution in [1.82, 2.24) is 14.9 Å². The Morgan fingerprint density at radius 3 is 2.59 bits per heavy atom. The van der Waals surface area contributed by atoms with Crippen LogP contribution in [-0.4, -0.2) is 20.8 Å². The molecule has 164 valence electrons. The molecule has 9 heteroatoms. The van der Waals surface area contributed by atoms with Gasteiger partial charge in [-0.2, -0.15) is 5.10 Å². The summed E-state index contributed by atoms with van der Waals surface area (Å²) in [6.45, 7) is 4.23. The molecule has 32 heavy (non-hydrogen) atoms. The third-order valence-electron chi connectivity index (χ3n) is 4.81.